The van der Waals surface area contributed by atoms with E-state index in [-0.39, 0.29) is 5.75 Å². The lowest BCUT2D eigenvalue weighted by molar-refractivity contribution is 0.475. The first-order chi connectivity index (χ1) is 10.7. The zero-order valence-electron chi connectivity index (χ0n) is 12.9. The van der Waals surface area contributed by atoms with Gasteiger partial charge in [-0.15, -0.1) is 0 Å². The summed E-state index contributed by atoms with van der Waals surface area (Å²) in [6.45, 7) is 5.12. The lowest BCUT2D eigenvalue weighted by atomic mass is 10.0. The summed E-state index contributed by atoms with van der Waals surface area (Å²) < 4.78 is 0. The van der Waals surface area contributed by atoms with E-state index in [1.165, 1.54) is 0 Å². The number of H-pyrrole nitrogens is 1. The van der Waals surface area contributed by atoms with Gasteiger partial charge in [-0.3, -0.25) is 0 Å². The van der Waals surface area contributed by atoms with Crippen molar-refractivity contribution in [2.75, 3.05) is 0 Å². The fraction of sp³-hybridized carbons (Fsp3) is 0.278. The highest BCUT2D eigenvalue weighted by molar-refractivity contribution is 5.95. The van der Waals surface area contributed by atoms with Crippen molar-refractivity contribution in [1.82, 2.24) is 15.3 Å². The van der Waals surface area contributed by atoms with Crippen molar-refractivity contribution in [3.63, 3.8) is 0 Å². The molecular formula is C18H21N3O. The molecular weight excluding hydrogens is 274 g/mol. The molecule has 114 valence electrons. The van der Waals surface area contributed by atoms with Gasteiger partial charge in [0.25, 0.3) is 0 Å². The number of aromatic hydroxyl groups is 1. The molecule has 4 nitrogen and oxygen atoms in total. The number of benzene rings is 1. The van der Waals surface area contributed by atoms with Crippen LogP contribution in [0.25, 0.3) is 22.2 Å². The average Bonchev–Trinajstić information content (AvgIpc) is 2.92. The Hall–Kier alpha value is -2.33. The molecule has 1 aromatic carbocycles. The zero-order chi connectivity index (χ0) is 15.5. The minimum atomic E-state index is 0.279. The Bertz CT molecular complexity index is 762. The van der Waals surface area contributed by atoms with Crippen molar-refractivity contribution in [3.8, 4) is 16.9 Å². The zero-order valence-corrected chi connectivity index (χ0v) is 12.9. The maximum absolute atomic E-state index is 9.51. The molecule has 0 bridgehead atoms. The van der Waals surface area contributed by atoms with Crippen LogP contribution in [0.2, 0.25) is 0 Å². The number of hydrogen-bond donors (Lipinski definition) is 3. The van der Waals surface area contributed by atoms with Gasteiger partial charge in [-0.25, -0.2) is 4.98 Å². The number of phenolic OH excluding ortho intramolecular Hbond substituents is 1. The summed E-state index contributed by atoms with van der Waals surface area (Å²) in [5.74, 6) is 0.279. The first-order valence-corrected chi connectivity index (χ1v) is 7.67. The summed E-state index contributed by atoms with van der Waals surface area (Å²) in [7, 11) is 0. The van der Waals surface area contributed by atoms with E-state index in [0.717, 1.165) is 40.8 Å². The Morgan fingerprint density at radius 1 is 1.23 bits per heavy atom. The second-order valence-corrected chi connectivity index (χ2v) is 5.62. The molecule has 2 aromatic heterocycles. The second kappa shape index (κ2) is 6.20. The van der Waals surface area contributed by atoms with Crippen LogP contribution in [-0.4, -0.2) is 21.1 Å². The van der Waals surface area contributed by atoms with Gasteiger partial charge in [0, 0.05) is 35.4 Å². The van der Waals surface area contributed by atoms with Crippen LogP contribution in [0.5, 0.6) is 5.75 Å². The van der Waals surface area contributed by atoms with E-state index in [1.54, 1.807) is 18.3 Å². The SMILES string of the molecule is CCC(C)NCc1[nH]c2ncccc2c1-c1ccc(O)cc1. The number of aromatic amines is 1. The lowest BCUT2D eigenvalue weighted by Crippen LogP contribution is -2.24. The van der Waals surface area contributed by atoms with Crippen molar-refractivity contribution in [2.24, 2.45) is 0 Å². The van der Waals surface area contributed by atoms with E-state index < -0.39 is 0 Å². The molecule has 2 heterocycles. The van der Waals surface area contributed by atoms with E-state index in [1.807, 2.05) is 18.2 Å². The van der Waals surface area contributed by atoms with Crippen LogP contribution in [-0.2, 0) is 6.54 Å². The average molecular weight is 295 g/mol. The van der Waals surface area contributed by atoms with Crippen LogP contribution in [0.1, 0.15) is 26.0 Å². The van der Waals surface area contributed by atoms with Crippen LogP contribution < -0.4 is 5.32 Å². The standard InChI is InChI=1S/C18H21N3O/c1-3-12(2)20-11-16-17(13-6-8-14(22)9-7-13)15-5-4-10-19-18(15)21-16/h4-10,12,20,22H,3,11H2,1-2H3,(H,19,21). The molecule has 3 rings (SSSR count). The topological polar surface area (TPSA) is 60.9 Å². The quantitative estimate of drug-likeness (QED) is 0.670. The van der Waals surface area contributed by atoms with Gasteiger partial charge in [0.15, 0.2) is 0 Å². The molecule has 0 aliphatic heterocycles. The normalized spacial score (nSPS) is 12.6. The number of nitrogens with zero attached hydrogens (tertiary/aromatic N) is 1. The molecule has 1 atom stereocenters. The number of nitrogens with one attached hydrogen (secondary N) is 2. The molecule has 0 saturated carbocycles. The lowest BCUT2D eigenvalue weighted by Gasteiger charge is -2.12. The smallest absolute Gasteiger partial charge is 0.138 e. The molecule has 3 aromatic rings. The number of rotatable bonds is 5. The van der Waals surface area contributed by atoms with E-state index in [4.69, 9.17) is 0 Å². The molecule has 4 heteroatoms. The van der Waals surface area contributed by atoms with E-state index >= 15 is 0 Å². The van der Waals surface area contributed by atoms with Crippen LogP contribution in [0.3, 0.4) is 0 Å². The van der Waals surface area contributed by atoms with Gasteiger partial charge >= 0.3 is 0 Å². The molecule has 0 radical (unpaired) electrons. The number of phenols is 1. The highest BCUT2D eigenvalue weighted by Gasteiger charge is 2.14. The number of pyridine rings is 1. The highest BCUT2D eigenvalue weighted by atomic mass is 16.3. The largest absolute Gasteiger partial charge is 0.508 e. The minimum Gasteiger partial charge on any atom is -0.508 e. The molecule has 0 spiro atoms. The molecule has 22 heavy (non-hydrogen) atoms. The van der Waals surface area contributed by atoms with Crippen molar-refractivity contribution >= 4 is 11.0 Å². The monoisotopic (exact) mass is 295 g/mol. The molecule has 0 aliphatic rings. The maximum Gasteiger partial charge on any atom is 0.138 e. The number of aromatic nitrogens is 2. The Morgan fingerprint density at radius 2 is 2.00 bits per heavy atom. The fourth-order valence-corrected chi connectivity index (χ4v) is 2.59. The fourth-order valence-electron chi connectivity index (χ4n) is 2.59. The van der Waals surface area contributed by atoms with Gasteiger partial charge in [-0.2, -0.15) is 0 Å². The van der Waals surface area contributed by atoms with Crippen LogP contribution in [0.15, 0.2) is 42.6 Å². The van der Waals surface area contributed by atoms with Crippen LogP contribution >= 0.6 is 0 Å². The predicted molar refractivity (Wildman–Crippen MR) is 89.8 cm³/mol. The van der Waals surface area contributed by atoms with Gasteiger partial charge in [0.05, 0.1) is 0 Å². The van der Waals surface area contributed by atoms with Crippen molar-refractivity contribution in [1.29, 1.82) is 0 Å². The molecule has 0 saturated heterocycles. The van der Waals surface area contributed by atoms with Gasteiger partial charge < -0.3 is 15.4 Å². The third kappa shape index (κ3) is 2.83. The van der Waals surface area contributed by atoms with Gasteiger partial charge in [-0.05, 0) is 43.2 Å². The molecule has 0 fully saturated rings. The molecule has 0 aliphatic carbocycles. The van der Waals surface area contributed by atoms with Crippen LogP contribution in [0.4, 0.5) is 0 Å². The summed E-state index contributed by atoms with van der Waals surface area (Å²) in [5.41, 5.74) is 4.25. The molecule has 1 unspecified atom stereocenters. The van der Waals surface area contributed by atoms with Crippen molar-refractivity contribution in [2.45, 2.75) is 32.9 Å². The second-order valence-electron chi connectivity index (χ2n) is 5.62. The summed E-state index contributed by atoms with van der Waals surface area (Å²) in [4.78, 5) is 7.84. The Balaban J connectivity index is 2.06. The minimum absolute atomic E-state index is 0.279. The summed E-state index contributed by atoms with van der Waals surface area (Å²) >= 11 is 0. The summed E-state index contributed by atoms with van der Waals surface area (Å²) in [6, 6.07) is 11.8. The first-order valence-electron chi connectivity index (χ1n) is 7.67. The summed E-state index contributed by atoms with van der Waals surface area (Å²) in [6.07, 6.45) is 2.89. The van der Waals surface area contributed by atoms with Crippen LogP contribution in [0, 0.1) is 0 Å². The maximum atomic E-state index is 9.51. The third-order valence-electron chi connectivity index (χ3n) is 4.04. The van der Waals surface area contributed by atoms with E-state index in [2.05, 4.69) is 35.2 Å². The third-order valence-corrected chi connectivity index (χ3v) is 4.04. The Morgan fingerprint density at radius 3 is 2.73 bits per heavy atom. The van der Waals surface area contributed by atoms with Crippen molar-refractivity contribution < 1.29 is 5.11 Å². The molecule has 3 N–H and O–H groups in total. The Labute approximate surface area is 130 Å². The van der Waals surface area contributed by atoms with Gasteiger partial charge in [-0.1, -0.05) is 19.1 Å². The number of hydrogen-bond acceptors (Lipinski definition) is 3. The number of fused-ring (bicyclic) bond motifs is 1. The van der Waals surface area contributed by atoms with E-state index in [0.29, 0.717) is 6.04 Å². The predicted octanol–water partition coefficient (Wildman–Crippen LogP) is 3.82. The molecule has 0 amide bonds. The van der Waals surface area contributed by atoms with Gasteiger partial charge in [0.1, 0.15) is 11.4 Å². The van der Waals surface area contributed by atoms with Crippen molar-refractivity contribution in [3.05, 3.63) is 48.3 Å². The first kappa shape index (κ1) is 14.6. The summed E-state index contributed by atoms with van der Waals surface area (Å²) in [5, 5.41) is 14.1. The van der Waals surface area contributed by atoms with Gasteiger partial charge in [0.2, 0.25) is 0 Å². The Kier molecular flexibility index (Phi) is 4.11. The highest BCUT2D eigenvalue weighted by Crippen LogP contribution is 2.32. The van der Waals surface area contributed by atoms with E-state index in [9.17, 15) is 5.11 Å².